The van der Waals surface area contributed by atoms with E-state index >= 15 is 0 Å². The van der Waals surface area contributed by atoms with Gasteiger partial charge in [0.25, 0.3) is 0 Å². The van der Waals surface area contributed by atoms with Crippen LogP contribution < -0.4 is 17.9 Å². The summed E-state index contributed by atoms with van der Waals surface area (Å²) in [5, 5.41) is 3.19. The lowest BCUT2D eigenvalue weighted by Crippen LogP contribution is -2.34. The molecule has 16 nitrogen and oxygen atoms in total. The number of aromatic amines is 2. The van der Waals surface area contributed by atoms with Crippen molar-refractivity contribution in [2.45, 2.75) is 0 Å². The Hall–Kier alpha value is -11.4. The number of aliphatic imine (C=N–C) groups is 4. The molecule has 0 aliphatic carbocycles. The molecule has 2 aliphatic heterocycles. The van der Waals surface area contributed by atoms with Gasteiger partial charge in [0.2, 0.25) is 0 Å². The van der Waals surface area contributed by atoms with Crippen molar-refractivity contribution in [3.05, 3.63) is 216 Å². The highest BCUT2D eigenvalue weighted by atomic mass is 15.3. The van der Waals surface area contributed by atoms with Crippen LogP contribution in [0.5, 0.6) is 0 Å². The van der Waals surface area contributed by atoms with E-state index in [0.717, 1.165) is 107 Å². The van der Waals surface area contributed by atoms with Gasteiger partial charge in [0, 0.05) is 68.7 Å². The van der Waals surface area contributed by atoms with Gasteiger partial charge in [-0.3, -0.25) is 37.9 Å². The quantitative estimate of drug-likeness (QED) is 0.0724. The highest BCUT2D eigenvalue weighted by Gasteiger charge is 2.24. The molecule has 0 spiro atoms. The maximum atomic E-state index is 5.38. The maximum absolute atomic E-state index is 5.38. The zero-order valence-electron chi connectivity index (χ0n) is 56.4. The van der Waals surface area contributed by atoms with Crippen molar-refractivity contribution < 1.29 is 0 Å². The SMILES string of the molecule is C[N+](C)(C)c1ccc(/C=C/C=Nc2ccc3c(c2)-c2nc-3nc3[nH]c(nc4nc(nc5[nH]c(n2)c2ccc(N=C/C=C/c6ccc([N+](C)(C)C)cc6)cc52)-c2ccc(N=C/C=C/c5ccc([N+](C)(C)C)cc5)cc2-4)c2ccc(N=C/C=C/c4ccc([N+](C)(C)C)cc4)cc32)cc1. The Labute approximate surface area is 560 Å². The van der Waals surface area contributed by atoms with Crippen LogP contribution in [0.1, 0.15) is 22.3 Å². The number of nitrogens with one attached hydrogen (secondary N) is 2. The third kappa shape index (κ3) is 14.2. The molecule has 16 heteroatoms. The molecular formula is C80H78N16+4. The number of benzene rings is 8. The molecule has 2 aliphatic rings. The predicted molar refractivity (Wildman–Crippen MR) is 409 cm³/mol. The smallest absolute Gasteiger partial charge is 0.164 e. The lowest BCUT2D eigenvalue weighted by Gasteiger charge is -2.23. The lowest BCUT2D eigenvalue weighted by molar-refractivity contribution is 0.486. The number of aromatic nitrogens is 8. The van der Waals surface area contributed by atoms with Crippen molar-refractivity contribution in [2.24, 2.45) is 20.0 Å². The zero-order chi connectivity index (χ0) is 66.9. The Balaban J connectivity index is 0.954. The molecule has 5 heterocycles. The Morgan fingerprint density at radius 1 is 0.260 bits per heavy atom. The summed E-state index contributed by atoms with van der Waals surface area (Å²) < 4.78 is 2.96. The Morgan fingerprint density at radius 2 is 0.510 bits per heavy atom. The van der Waals surface area contributed by atoms with Crippen LogP contribution in [0.2, 0.25) is 0 Å². The van der Waals surface area contributed by atoms with E-state index in [2.05, 4.69) is 216 Å². The standard InChI is InChI=1S/C80H78N16/c1-93(2,3)61-33-21-53(22-34-61)17-13-45-81-57-29-41-65-69(49-57)77-85-73(65)90-78-71-51-59(83-47-15-19-55-25-37-63(38-26-55)95(7,8)9)31-43-67(71)75(87-78)92-80-72-52-60(84-48-16-20-56-27-39-64(40-28-56)96(10,11)12)32-44-68(72)76(88-80)91-79-70-50-58(30-42-66(70)74(86-79)89-77)82-46-14-18-54-23-35-62(36-24-54)94(4,5)6/h13-52H,1-12H3,(H2,85,86,87,88,89,90,91,92)/q+4/b17-13+,18-14+,19-15+,20-16+,81-45?,82-46?,83-47?,84-48?. The van der Waals surface area contributed by atoms with E-state index in [-0.39, 0.29) is 0 Å². The highest BCUT2D eigenvalue weighted by Crippen LogP contribution is 2.41. The van der Waals surface area contributed by atoms with Gasteiger partial charge in [0.1, 0.15) is 45.3 Å². The van der Waals surface area contributed by atoms with Crippen molar-refractivity contribution in [3.63, 3.8) is 0 Å². The van der Waals surface area contributed by atoms with E-state index < -0.39 is 0 Å². The van der Waals surface area contributed by atoms with E-state index in [4.69, 9.17) is 49.9 Å². The van der Waals surface area contributed by atoms with Gasteiger partial charge in [0.15, 0.2) is 23.3 Å². The fourth-order valence-electron chi connectivity index (χ4n) is 11.3. The highest BCUT2D eigenvalue weighted by molar-refractivity contribution is 6.08. The van der Waals surface area contributed by atoms with Gasteiger partial charge in [-0.05, 0) is 216 Å². The molecule has 8 bridgehead atoms. The summed E-state index contributed by atoms with van der Waals surface area (Å²) in [5.74, 6) is 1.81. The number of allylic oxidation sites excluding steroid dienone is 4. The van der Waals surface area contributed by atoms with Gasteiger partial charge >= 0.3 is 0 Å². The van der Waals surface area contributed by atoms with Crippen molar-refractivity contribution in [3.8, 4) is 45.6 Å². The summed E-state index contributed by atoms with van der Waals surface area (Å²) >= 11 is 0. The second kappa shape index (κ2) is 25.8. The normalized spacial score (nSPS) is 13.3. The summed E-state index contributed by atoms with van der Waals surface area (Å²) in [6.07, 6.45) is 23.3. The van der Waals surface area contributed by atoms with E-state index in [1.807, 2.05) is 122 Å². The molecule has 474 valence electrons. The van der Waals surface area contributed by atoms with Gasteiger partial charge in [0.05, 0.1) is 107 Å². The van der Waals surface area contributed by atoms with E-state index in [9.17, 15) is 0 Å². The van der Waals surface area contributed by atoms with E-state index in [1.165, 1.54) is 22.7 Å². The summed E-state index contributed by atoms with van der Waals surface area (Å²) in [4.78, 5) is 58.9. The molecule has 0 fully saturated rings. The molecule has 3 aromatic heterocycles. The second-order valence-corrected chi connectivity index (χ2v) is 27.5. The first-order valence-electron chi connectivity index (χ1n) is 31.9. The monoisotopic (exact) mass is 1260 g/mol. The second-order valence-electron chi connectivity index (χ2n) is 27.5. The Kier molecular flexibility index (Phi) is 17.0. The topological polar surface area (TPSA) is 158 Å². The zero-order valence-corrected chi connectivity index (χ0v) is 56.4. The van der Waals surface area contributed by atoms with Gasteiger partial charge < -0.3 is 9.97 Å². The third-order valence-electron chi connectivity index (χ3n) is 16.8. The number of hydrogen-bond donors (Lipinski definition) is 2. The van der Waals surface area contributed by atoms with Crippen LogP contribution in [-0.2, 0) is 0 Å². The number of nitrogens with zero attached hydrogens (tertiary/aromatic N) is 14. The molecule has 0 amide bonds. The molecule has 0 saturated heterocycles. The molecule has 8 aromatic carbocycles. The predicted octanol–water partition coefficient (Wildman–Crippen LogP) is 17.3. The van der Waals surface area contributed by atoms with E-state index in [0.29, 0.717) is 45.9 Å². The largest absolute Gasteiger partial charge is 0.324 e. The molecule has 96 heavy (non-hydrogen) atoms. The van der Waals surface area contributed by atoms with Crippen LogP contribution in [0.25, 0.3) is 114 Å². The summed E-state index contributed by atoms with van der Waals surface area (Å²) in [5.41, 5.74) is 17.3. The van der Waals surface area contributed by atoms with Gasteiger partial charge in [-0.2, -0.15) is 0 Å². The molecule has 0 atom stereocenters. The Bertz CT molecular complexity index is 4900. The van der Waals surface area contributed by atoms with Crippen LogP contribution in [-0.4, -0.2) is 149 Å². The molecule has 13 rings (SSSR count). The molecule has 0 radical (unpaired) electrons. The first-order valence-corrected chi connectivity index (χ1v) is 31.9. The van der Waals surface area contributed by atoms with Crippen molar-refractivity contribution in [1.29, 1.82) is 0 Å². The first-order chi connectivity index (χ1) is 46.0. The fraction of sp³-hybridized carbons (Fsp3) is 0.150. The van der Waals surface area contributed by atoms with Gasteiger partial charge in [-0.1, -0.05) is 24.3 Å². The number of rotatable bonds is 16. The minimum absolute atomic E-state index is 0.446. The summed E-state index contributed by atoms with van der Waals surface area (Å²) in [7, 11) is 25.9. The van der Waals surface area contributed by atoms with Crippen LogP contribution in [0.3, 0.4) is 0 Å². The van der Waals surface area contributed by atoms with Gasteiger partial charge in [-0.25, -0.2) is 29.9 Å². The van der Waals surface area contributed by atoms with E-state index in [1.54, 1.807) is 0 Å². The molecule has 2 N–H and O–H groups in total. The Morgan fingerprint density at radius 3 is 0.792 bits per heavy atom. The maximum Gasteiger partial charge on any atom is 0.164 e. The lowest BCUT2D eigenvalue weighted by atomic mass is 10.1. The van der Waals surface area contributed by atoms with Crippen LogP contribution in [0.4, 0.5) is 45.5 Å². The fourth-order valence-corrected chi connectivity index (χ4v) is 11.3. The number of fused-ring (bicyclic) bond motifs is 20. The molecule has 0 unspecified atom stereocenters. The summed E-state index contributed by atoms with van der Waals surface area (Å²) in [6.45, 7) is 0. The van der Waals surface area contributed by atoms with Gasteiger partial charge in [-0.15, -0.1) is 0 Å². The minimum atomic E-state index is 0.446. The molecule has 0 saturated carbocycles. The summed E-state index contributed by atoms with van der Waals surface area (Å²) in [6, 6.07) is 58.3. The van der Waals surface area contributed by atoms with Crippen LogP contribution in [0.15, 0.2) is 214 Å². The molecular weight excluding hydrogens is 1180 g/mol. The van der Waals surface area contributed by atoms with Crippen molar-refractivity contribution in [1.82, 2.24) is 57.8 Å². The third-order valence-corrected chi connectivity index (χ3v) is 16.8. The van der Waals surface area contributed by atoms with Crippen LogP contribution >= 0.6 is 0 Å². The first kappa shape index (κ1) is 63.4. The minimum Gasteiger partial charge on any atom is -0.324 e. The number of hydrogen-bond acceptors (Lipinski definition) is 10. The van der Waals surface area contributed by atoms with Crippen molar-refractivity contribution in [2.75, 3.05) is 84.6 Å². The molecule has 11 aromatic rings. The number of H-pyrrole nitrogens is 2. The van der Waals surface area contributed by atoms with Crippen molar-refractivity contribution >= 4 is 139 Å². The van der Waals surface area contributed by atoms with Crippen LogP contribution in [0, 0.1) is 0 Å². The average Bonchev–Trinajstić information content (AvgIpc) is 1.60. The average molecular weight is 1260 g/mol. The number of quaternary nitrogens is 4.